The maximum Gasteiger partial charge on any atom is 0.113 e. The molecule has 1 N–H and O–H groups in total. The third-order valence-electron chi connectivity index (χ3n) is 2.09. The zero-order chi connectivity index (χ0) is 6.97. The van der Waals surface area contributed by atoms with Gasteiger partial charge in [-0.15, -0.1) is 0 Å². The van der Waals surface area contributed by atoms with Crippen LogP contribution in [0.4, 0.5) is 5.69 Å². The van der Waals surface area contributed by atoms with E-state index in [9.17, 15) is 0 Å². The molecule has 1 aromatic carbocycles. The largest absolute Gasteiger partial charge is 0.385 e. The van der Waals surface area contributed by atoms with Crippen molar-refractivity contribution in [2.24, 2.45) is 0 Å². The normalized spacial score (nSPS) is 21.8. The molecule has 1 nitrogen and oxygen atoms in total. The van der Waals surface area contributed by atoms with Crippen LogP contribution in [0.3, 0.4) is 0 Å². The number of hydrogen-bond donors (Lipinski definition) is 1. The minimum Gasteiger partial charge on any atom is -0.385 e. The molecule has 0 radical (unpaired) electrons. The minimum absolute atomic E-state index is 0.691. The number of fused-ring (bicyclic) bond motifs is 1. The van der Waals surface area contributed by atoms with E-state index in [0.717, 1.165) is 6.54 Å². The first-order valence-corrected chi connectivity index (χ1v) is 3.71. The average molecular weight is 131 g/mol. The van der Waals surface area contributed by atoms with Crippen LogP contribution in [0, 0.1) is 0 Å². The molecule has 1 aliphatic rings. The Morgan fingerprint density at radius 3 is 3.00 bits per heavy atom. The maximum atomic E-state index is 3.35. The van der Waals surface area contributed by atoms with E-state index < -0.39 is 0 Å². The van der Waals surface area contributed by atoms with Gasteiger partial charge in [0.25, 0.3) is 0 Å². The van der Waals surface area contributed by atoms with Gasteiger partial charge >= 0.3 is 0 Å². The quantitative estimate of drug-likeness (QED) is 0.513. The summed E-state index contributed by atoms with van der Waals surface area (Å²) in [6.07, 6.45) is 0. The number of rotatable bonds is 0. The Morgan fingerprint density at radius 2 is 2.20 bits per heavy atom. The predicted octanol–water partition coefficient (Wildman–Crippen LogP) is 0.786. The van der Waals surface area contributed by atoms with Crippen LogP contribution in [0.15, 0.2) is 24.3 Å². The van der Waals surface area contributed by atoms with Gasteiger partial charge in [0.2, 0.25) is 0 Å². The second-order valence-electron chi connectivity index (χ2n) is 2.87. The van der Waals surface area contributed by atoms with Crippen LogP contribution in [0.25, 0.3) is 0 Å². The molecule has 0 bridgehead atoms. The summed E-state index contributed by atoms with van der Waals surface area (Å²) in [5.41, 5.74) is 2.78. The summed E-state index contributed by atoms with van der Waals surface area (Å²) in [5.74, 6) is 0.691. The summed E-state index contributed by atoms with van der Waals surface area (Å²) in [6.45, 7) is 1.10. The molecule has 0 aromatic heterocycles. The maximum absolute atomic E-state index is 3.35. The van der Waals surface area contributed by atoms with Crippen LogP contribution in [0.1, 0.15) is 11.4 Å². The van der Waals surface area contributed by atoms with E-state index in [1.165, 1.54) is 11.3 Å². The zero-order valence-electron chi connectivity index (χ0n) is 6.09. The molecular formula is C8H10BN. The van der Waals surface area contributed by atoms with Crippen LogP contribution in [0.5, 0.6) is 0 Å². The number of benzene rings is 1. The second-order valence-corrected chi connectivity index (χ2v) is 2.87. The van der Waals surface area contributed by atoms with Crippen molar-refractivity contribution < 1.29 is 0 Å². The number of hydrogen-bond acceptors (Lipinski definition) is 1. The van der Waals surface area contributed by atoms with E-state index in [-0.39, 0.29) is 0 Å². The first-order chi connectivity index (χ1) is 4.88. The lowest BCUT2D eigenvalue weighted by molar-refractivity contribution is 1.05. The standard InChI is InChI=1S/C8H10BN/c9-7-5-10-8-4-2-1-3-6(7)8/h1-4,7,10H,5,9H2. The van der Waals surface area contributed by atoms with E-state index in [2.05, 4.69) is 37.4 Å². The van der Waals surface area contributed by atoms with E-state index in [1.54, 1.807) is 0 Å². The Labute approximate surface area is 61.9 Å². The third-order valence-corrected chi connectivity index (χ3v) is 2.09. The lowest BCUT2D eigenvalue weighted by atomic mass is 9.83. The number of anilines is 1. The molecule has 0 spiro atoms. The molecule has 1 atom stereocenters. The summed E-state index contributed by atoms with van der Waals surface area (Å²) >= 11 is 0. The van der Waals surface area contributed by atoms with Gasteiger partial charge in [0, 0.05) is 12.2 Å². The van der Waals surface area contributed by atoms with Crippen molar-refractivity contribution in [1.82, 2.24) is 0 Å². The molecule has 1 aliphatic heterocycles. The second kappa shape index (κ2) is 2.05. The topological polar surface area (TPSA) is 12.0 Å². The van der Waals surface area contributed by atoms with Crippen molar-refractivity contribution in [3.8, 4) is 0 Å². The molecule has 2 rings (SSSR count). The lowest BCUT2D eigenvalue weighted by Crippen LogP contribution is -1.99. The SMILES string of the molecule is BC1CNc2ccccc21. The van der Waals surface area contributed by atoms with Gasteiger partial charge in [0.15, 0.2) is 0 Å². The summed E-state index contributed by atoms with van der Waals surface area (Å²) in [4.78, 5) is 0. The molecule has 1 aromatic rings. The highest BCUT2D eigenvalue weighted by molar-refractivity contribution is 6.14. The van der Waals surface area contributed by atoms with Gasteiger partial charge in [-0.1, -0.05) is 18.2 Å². The molecule has 1 heterocycles. The van der Waals surface area contributed by atoms with E-state index in [4.69, 9.17) is 0 Å². The Balaban J connectivity index is 2.51. The van der Waals surface area contributed by atoms with Crippen molar-refractivity contribution in [3.63, 3.8) is 0 Å². The van der Waals surface area contributed by atoms with Crippen LogP contribution in [0.2, 0.25) is 0 Å². The highest BCUT2D eigenvalue weighted by atomic mass is 14.9. The van der Waals surface area contributed by atoms with Gasteiger partial charge in [-0.3, -0.25) is 0 Å². The fourth-order valence-corrected chi connectivity index (χ4v) is 1.46. The van der Waals surface area contributed by atoms with Crippen molar-refractivity contribution >= 4 is 13.5 Å². The molecule has 1 unspecified atom stereocenters. The van der Waals surface area contributed by atoms with Crippen molar-refractivity contribution in [1.29, 1.82) is 0 Å². The van der Waals surface area contributed by atoms with Crippen LogP contribution in [-0.2, 0) is 0 Å². The lowest BCUT2D eigenvalue weighted by Gasteiger charge is -1.98. The molecule has 0 fully saturated rings. The van der Waals surface area contributed by atoms with Crippen LogP contribution >= 0.6 is 0 Å². The summed E-state index contributed by atoms with van der Waals surface area (Å²) < 4.78 is 0. The molecule has 2 heteroatoms. The Morgan fingerprint density at radius 1 is 1.40 bits per heavy atom. The summed E-state index contributed by atoms with van der Waals surface area (Å²) in [7, 11) is 2.25. The van der Waals surface area contributed by atoms with Crippen molar-refractivity contribution in [2.45, 2.75) is 5.82 Å². The van der Waals surface area contributed by atoms with Gasteiger partial charge < -0.3 is 5.32 Å². The fourth-order valence-electron chi connectivity index (χ4n) is 1.46. The van der Waals surface area contributed by atoms with Crippen molar-refractivity contribution in [3.05, 3.63) is 29.8 Å². The Hall–Kier alpha value is -0.915. The monoisotopic (exact) mass is 131 g/mol. The highest BCUT2D eigenvalue weighted by Gasteiger charge is 2.15. The first-order valence-electron chi connectivity index (χ1n) is 3.71. The van der Waals surface area contributed by atoms with Gasteiger partial charge in [-0.2, -0.15) is 0 Å². The molecule has 50 valence electrons. The van der Waals surface area contributed by atoms with E-state index in [0.29, 0.717) is 5.82 Å². The van der Waals surface area contributed by atoms with E-state index in [1.807, 2.05) is 0 Å². The van der Waals surface area contributed by atoms with Gasteiger partial charge in [0.05, 0.1) is 0 Å². The predicted molar refractivity (Wildman–Crippen MR) is 46.2 cm³/mol. The van der Waals surface area contributed by atoms with Gasteiger partial charge in [-0.25, -0.2) is 0 Å². The van der Waals surface area contributed by atoms with Crippen LogP contribution in [-0.4, -0.2) is 14.4 Å². The minimum atomic E-state index is 0.691. The Bertz CT molecular complexity index is 247. The Kier molecular flexibility index (Phi) is 1.19. The average Bonchev–Trinajstić information content (AvgIpc) is 2.34. The zero-order valence-corrected chi connectivity index (χ0v) is 6.09. The molecule has 0 aliphatic carbocycles. The molecule has 0 saturated carbocycles. The highest BCUT2D eigenvalue weighted by Crippen LogP contribution is 2.27. The fraction of sp³-hybridized carbons (Fsp3) is 0.250. The molecular weight excluding hydrogens is 121 g/mol. The van der Waals surface area contributed by atoms with Crippen LogP contribution < -0.4 is 5.32 Å². The summed E-state index contributed by atoms with van der Waals surface area (Å²) in [6, 6.07) is 8.50. The summed E-state index contributed by atoms with van der Waals surface area (Å²) in [5, 5.41) is 3.35. The van der Waals surface area contributed by atoms with Gasteiger partial charge in [0.1, 0.15) is 7.85 Å². The molecule has 0 saturated heterocycles. The molecule has 10 heavy (non-hydrogen) atoms. The van der Waals surface area contributed by atoms with Gasteiger partial charge in [-0.05, 0) is 17.4 Å². The molecule has 0 amide bonds. The third kappa shape index (κ3) is 0.720. The number of para-hydroxylation sites is 1. The smallest absolute Gasteiger partial charge is 0.113 e. The van der Waals surface area contributed by atoms with Crippen molar-refractivity contribution in [2.75, 3.05) is 11.9 Å². The number of nitrogens with one attached hydrogen (secondary N) is 1. The van der Waals surface area contributed by atoms with E-state index >= 15 is 0 Å². The first kappa shape index (κ1) is 5.84.